The Morgan fingerprint density at radius 1 is 1.47 bits per heavy atom. The molecule has 0 aromatic rings. The van der Waals surface area contributed by atoms with E-state index in [1.165, 1.54) is 0 Å². The van der Waals surface area contributed by atoms with E-state index in [4.69, 9.17) is 4.74 Å². The van der Waals surface area contributed by atoms with Gasteiger partial charge in [0.1, 0.15) is 0 Å². The molecular formula is C12H22N2O3. The summed E-state index contributed by atoms with van der Waals surface area (Å²) in [6.45, 7) is 2.51. The lowest BCUT2D eigenvalue weighted by Gasteiger charge is -2.25. The SMILES string of the molecule is O=C(CC1COCCN1)NCC1(O)CCCC1. The first-order valence-corrected chi connectivity index (χ1v) is 6.48. The van der Waals surface area contributed by atoms with E-state index in [-0.39, 0.29) is 11.9 Å². The molecule has 5 nitrogen and oxygen atoms in total. The number of hydrogen-bond donors (Lipinski definition) is 3. The van der Waals surface area contributed by atoms with Gasteiger partial charge in [0.25, 0.3) is 0 Å². The molecule has 5 heteroatoms. The summed E-state index contributed by atoms with van der Waals surface area (Å²) in [5.74, 6) is -0.00618. The van der Waals surface area contributed by atoms with Crippen LogP contribution < -0.4 is 10.6 Å². The molecule has 0 aromatic heterocycles. The van der Waals surface area contributed by atoms with Crippen LogP contribution in [-0.4, -0.2) is 49.0 Å². The number of morpholine rings is 1. The van der Waals surface area contributed by atoms with Crippen molar-refractivity contribution in [3.05, 3.63) is 0 Å². The van der Waals surface area contributed by atoms with E-state index in [1.54, 1.807) is 0 Å². The van der Waals surface area contributed by atoms with Crippen molar-refractivity contribution in [2.75, 3.05) is 26.3 Å². The fourth-order valence-electron chi connectivity index (χ4n) is 2.52. The van der Waals surface area contributed by atoms with Gasteiger partial charge in [-0.25, -0.2) is 0 Å². The van der Waals surface area contributed by atoms with Gasteiger partial charge in [-0.15, -0.1) is 0 Å². The van der Waals surface area contributed by atoms with Gasteiger partial charge in [-0.05, 0) is 12.8 Å². The van der Waals surface area contributed by atoms with Gasteiger partial charge in [-0.1, -0.05) is 12.8 Å². The fraction of sp³-hybridized carbons (Fsp3) is 0.917. The van der Waals surface area contributed by atoms with Gasteiger partial charge in [-0.2, -0.15) is 0 Å². The Morgan fingerprint density at radius 2 is 2.24 bits per heavy atom. The van der Waals surface area contributed by atoms with Gasteiger partial charge in [0, 0.05) is 25.6 Å². The average Bonchev–Trinajstić information content (AvgIpc) is 2.76. The van der Waals surface area contributed by atoms with Crippen LogP contribution >= 0.6 is 0 Å². The molecule has 2 rings (SSSR count). The van der Waals surface area contributed by atoms with E-state index < -0.39 is 5.60 Å². The Balaban J connectivity index is 1.66. The van der Waals surface area contributed by atoms with Gasteiger partial charge in [-0.3, -0.25) is 4.79 Å². The summed E-state index contributed by atoms with van der Waals surface area (Å²) in [5, 5.41) is 16.2. The minimum absolute atomic E-state index is 0.00618. The maximum Gasteiger partial charge on any atom is 0.221 e. The number of ether oxygens (including phenoxy) is 1. The van der Waals surface area contributed by atoms with Crippen LogP contribution in [0.2, 0.25) is 0 Å². The summed E-state index contributed by atoms with van der Waals surface area (Å²) in [6, 6.07) is 0.113. The number of carbonyl (C=O) groups excluding carboxylic acids is 1. The Bertz CT molecular complexity index is 258. The minimum atomic E-state index is -0.661. The number of hydrogen-bond acceptors (Lipinski definition) is 4. The molecule has 1 saturated carbocycles. The standard InChI is InChI=1S/C12H22N2O3/c15-11(7-10-8-17-6-5-13-10)14-9-12(16)3-1-2-4-12/h10,13,16H,1-9H2,(H,14,15). The summed E-state index contributed by atoms with van der Waals surface area (Å²) in [4.78, 5) is 11.7. The molecule has 17 heavy (non-hydrogen) atoms. The number of aliphatic hydroxyl groups is 1. The zero-order valence-electron chi connectivity index (χ0n) is 10.2. The summed E-state index contributed by atoms with van der Waals surface area (Å²) < 4.78 is 5.29. The largest absolute Gasteiger partial charge is 0.388 e. The van der Waals surface area contributed by atoms with Crippen LogP contribution in [0.15, 0.2) is 0 Å². The van der Waals surface area contributed by atoms with Crippen molar-refractivity contribution in [1.82, 2.24) is 10.6 Å². The number of amides is 1. The predicted octanol–water partition coefficient (Wildman–Crippen LogP) is -0.214. The van der Waals surface area contributed by atoms with Gasteiger partial charge < -0.3 is 20.5 Å². The molecule has 1 unspecified atom stereocenters. The lowest BCUT2D eigenvalue weighted by atomic mass is 10.0. The topological polar surface area (TPSA) is 70.6 Å². The maximum absolute atomic E-state index is 11.7. The van der Waals surface area contributed by atoms with E-state index in [2.05, 4.69) is 10.6 Å². The monoisotopic (exact) mass is 242 g/mol. The molecule has 3 N–H and O–H groups in total. The van der Waals surface area contributed by atoms with Gasteiger partial charge in [0.05, 0.1) is 18.8 Å². The van der Waals surface area contributed by atoms with Crippen LogP contribution in [0.5, 0.6) is 0 Å². The molecule has 1 saturated heterocycles. The lowest BCUT2D eigenvalue weighted by Crippen LogP contribution is -2.46. The molecule has 1 aliphatic carbocycles. The van der Waals surface area contributed by atoms with E-state index in [0.29, 0.717) is 19.6 Å². The lowest BCUT2D eigenvalue weighted by molar-refractivity contribution is -0.123. The summed E-state index contributed by atoms with van der Waals surface area (Å²) in [5.41, 5.74) is -0.661. The second-order valence-electron chi connectivity index (χ2n) is 5.14. The van der Waals surface area contributed by atoms with Crippen LogP contribution in [0.3, 0.4) is 0 Å². The van der Waals surface area contributed by atoms with Crippen LogP contribution in [-0.2, 0) is 9.53 Å². The number of nitrogens with one attached hydrogen (secondary N) is 2. The Labute approximate surface area is 102 Å². The molecule has 0 bridgehead atoms. The van der Waals surface area contributed by atoms with Crippen LogP contribution in [0.25, 0.3) is 0 Å². The first-order valence-electron chi connectivity index (χ1n) is 6.48. The van der Waals surface area contributed by atoms with Crippen molar-refractivity contribution >= 4 is 5.91 Å². The van der Waals surface area contributed by atoms with Gasteiger partial charge in [0.15, 0.2) is 0 Å². The second-order valence-corrected chi connectivity index (χ2v) is 5.14. The van der Waals surface area contributed by atoms with E-state index in [0.717, 1.165) is 38.8 Å². The molecule has 1 aliphatic heterocycles. The van der Waals surface area contributed by atoms with E-state index in [1.807, 2.05) is 0 Å². The van der Waals surface area contributed by atoms with Crippen molar-refractivity contribution in [1.29, 1.82) is 0 Å². The highest BCUT2D eigenvalue weighted by molar-refractivity contribution is 5.76. The van der Waals surface area contributed by atoms with Crippen molar-refractivity contribution in [3.8, 4) is 0 Å². The summed E-state index contributed by atoms with van der Waals surface area (Å²) in [7, 11) is 0. The summed E-state index contributed by atoms with van der Waals surface area (Å²) in [6.07, 6.45) is 4.15. The molecule has 2 fully saturated rings. The molecule has 0 spiro atoms. The molecular weight excluding hydrogens is 220 g/mol. The highest BCUT2D eigenvalue weighted by Crippen LogP contribution is 2.28. The number of carbonyl (C=O) groups is 1. The molecule has 98 valence electrons. The van der Waals surface area contributed by atoms with E-state index in [9.17, 15) is 9.90 Å². The predicted molar refractivity (Wildman–Crippen MR) is 63.7 cm³/mol. The van der Waals surface area contributed by atoms with Crippen LogP contribution in [0.4, 0.5) is 0 Å². The average molecular weight is 242 g/mol. The zero-order chi connectivity index (χ0) is 12.1. The highest BCUT2D eigenvalue weighted by Gasteiger charge is 2.31. The van der Waals surface area contributed by atoms with Crippen LogP contribution in [0, 0.1) is 0 Å². The smallest absolute Gasteiger partial charge is 0.221 e. The third-order valence-corrected chi connectivity index (χ3v) is 3.58. The first kappa shape index (κ1) is 12.8. The second kappa shape index (κ2) is 5.80. The van der Waals surface area contributed by atoms with Crippen molar-refractivity contribution < 1.29 is 14.6 Å². The zero-order valence-corrected chi connectivity index (χ0v) is 10.2. The number of rotatable bonds is 4. The Kier molecular flexibility index (Phi) is 4.36. The highest BCUT2D eigenvalue weighted by atomic mass is 16.5. The first-order chi connectivity index (χ1) is 8.18. The van der Waals surface area contributed by atoms with Crippen molar-refractivity contribution in [3.63, 3.8) is 0 Å². The third-order valence-electron chi connectivity index (χ3n) is 3.58. The van der Waals surface area contributed by atoms with Crippen LogP contribution in [0.1, 0.15) is 32.1 Å². The maximum atomic E-state index is 11.7. The molecule has 1 heterocycles. The molecule has 1 atom stereocenters. The van der Waals surface area contributed by atoms with Crippen molar-refractivity contribution in [2.24, 2.45) is 0 Å². The van der Waals surface area contributed by atoms with Crippen molar-refractivity contribution in [2.45, 2.75) is 43.7 Å². The molecule has 0 radical (unpaired) electrons. The fourth-order valence-corrected chi connectivity index (χ4v) is 2.52. The molecule has 0 aromatic carbocycles. The third kappa shape index (κ3) is 3.94. The quantitative estimate of drug-likeness (QED) is 0.638. The molecule has 2 aliphatic rings. The Morgan fingerprint density at radius 3 is 2.88 bits per heavy atom. The van der Waals surface area contributed by atoms with Gasteiger partial charge in [0.2, 0.25) is 5.91 Å². The molecule has 1 amide bonds. The van der Waals surface area contributed by atoms with E-state index >= 15 is 0 Å². The normalized spacial score (nSPS) is 27.9. The van der Waals surface area contributed by atoms with Gasteiger partial charge >= 0.3 is 0 Å². The summed E-state index contributed by atoms with van der Waals surface area (Å²) >= 11 is 0. The Hall–Kier alpha value is -0.650. The minimum Gasteiger partial charge on any atom is -0.388 e.